The van der Waals surface area contributed by atoms with Crippen molar-refractivity contribution < 1.29 is 28.6 Å². The number of rotatable bonds is 10. The summed E-state index contributed by atoms with van der Waals surface area (Å²) in [7, 11) is 1.46. The number of nitrogens with one attached hydrogen (secondary N) is 1. The summed E-state index contributed by atoms with van der Waals surface area (Å²) in [6.07, 6.45) is 2.86. The molecule has 174 valence electrons. The summed E-state index contributed by atoms with van der Waals surface area (Å²) in [5.41, 5.74) is 7.71. The molecule has 0 saturated carbocycles. The summed E-state index contributed by atoms with van der Waals surface area (Å²) in [5, 5.41) is 2.81. The van der Waals surface area contributed by atoms with Gasteiger partial charge in [0.25, 0.3) is 11.8 Å². The van der Waals surface area contributed by atoms with E-state index in [2.05, 4.69) is 5.32 Å². The Bertz CT molecular complexity index is 1170. The maximum absolute atomic E-state index is 12.3. The van der Waals surface area contributed by atoms with Gasteiger partial charge in [0.1, 0.15) is 6.61 Å². The van der Waals surface area contributed by atoms with Crippen LogP contribution in [0.4, 0.5) is 5.69 Å². The average molecular weight is 460 g/mol. The molecule has 0 unspecified atom stereocenters. The van der Waals surface area contributed by atoms with Crippen molar-refractivity contribution in [3.8, 4) is 11.5 Å². The maximum Gasteiger partial charge on any atom is 0.331 e. The van der Waals surface area contributed by atoms with E-state index in [-0.39, 0.29) is 19.1 Å². The molecular formula is C26H24N2O6. The minimum absolute atomic E-state index is 0.0625. The van der Waals surface area contributed by atoms with Crippen LogP contribution in [0.1, 0.15) is 21.5 Å². The Morgan fingerprint density at radius 1 is 0.941 bits per heavy atom. The Morgan fingerprint density at radius 2 is 1.68 bits per heavy atom. The van der Waals surface area contributed by atoms with Gasteiger partial charge < -0.3 is 25.3 Å². The zero-order valence-corrected chi connectivity index (χ0v) is 18.5. The van der Waals surface area contributed by atoms with E-state index in [1.165, 1.54) is 13.2 Å². The fraction of sp³-hybridized carbons (Fsp3) is 0.115. The van der Waals surface area contributed by atoms with Crippen LogP contribution in [0.25, 0.3) is 6.08 Å². The predicted octanol–water partition coefficient (Wildman–Crippen LogP) is 3.57. The third kappa shape index (κ3) is 7.23. The Morgan fingerprint density at radius 3 is 2.35 bits per heavy atom. The van der Waals surface area contributed by atoms with Crippen LogP contribution in [0.5, 0.6) is 11.5 Å². The Labute approximate surface area is 196 Å². The first-order valence-electron chi connectivity index (χ1n) is 10.3. The molecule has 0 fully saturated rings. The number of methoxy groups -OCH3 is 1. The highest BCUT2D eigenvalue weighted by atomic mass is 16.5. The number of amides is 2. The first kappa shape index (κ1) is 24.1. The van der Waals surface area contributed by atoms with E-state index < -0.39 is 11.9 Å². The number of carbonyl (C=O) groups is 3. The highest BCUT2D eigenvalue weighted by molar-refractivity contribution is 6.04. The van der Waals surface area contributed by atoms with Crippen LogP contribution in [0.3, 0.4) is 0 Å². The molecule has 0 saturated heterocycles. The smallest absolute Gasteiger partial charge is 0.331 e. The van der Waals surface area contributed by atoms with Gasteiger partial charge in [-0.25, -0.2) is 4.79 Å². The molecule has 3 N–H and O–H groups in total. The van der Waals surface area contributed by atoms with Crippen molar-refractivity contribution in [3.05, 3.63) is 95.6 Å². The lowest BCUT2D eigenvalue weighted by atomic mass is 10.1. The summed E-state index contributed by atoms with van der Waals surface area (Å²) < 4.78 is 15.8. The van der Waals surface area contributed by atoms with E-state index in [1.807, 2.05) is 30.3 Å². The molecule has 3 aromatic carbocycles. The quantitative estimate of drug-likeness (QED) is 0.353. The largest absolute Gasteiger partial charge is 0.493 e. The number of para-hydroxylation sites is 1. The first-order chi connectivity index (χ1) is 16.4. The van der Waals surface area contributed by atoms with Crippen LogP contribution in [-0.4, -0.2) is 31.5 Å². The molecule has 2 amide bonds. The van der Waals surface area contributed by atoms with Gasteiger partial charge in [-0.3, -0.25) is 9.59 Å². The van der Waals surface area contributed by atoms with Gasteiger partial charge in [-0.15, -0.1) is 0 Å². The van der Waals surface area contributed by atoms with Crippen LogP contribution in [0.15, 0.2) is 78.9 Å². The topological polar surface area (TPSA) is 117 Å². The van der Waals surface area contributed by atoms with Gasteiger partial charge in [0.15, 0.2) is 18.1 Å². The number of hydrogen-bond acceptors (Lipinski definition) is 6. The number of nitrogens with two attached hydrogens (primary N) is 1. The summed E-state index contributed by atoms with van der Waals surface area (Å²) in [4.78, 5) is 35.3. The van der Waals surface area contributed by atoms with E-state index in [0.717, 1.165) is 5.56 Å². The van der Waals surface area contributed by atoms with Gasteiger partial charge >= 0.3 is 5.97 Å². The van der Waals surface area contributed by atoms with Crippen molar-refractivity contribution in [2.45, 2.75) is 6.61 Å². The maximum atomic E-state index is 12.3. The second kappa shape index (κ2) is 11.9. The predicted molar refractivity (Wildman–Crippen MR) is 127 cm³/mol. The number of esters is 1. The number of benzene rings is 3. The van der Waals surface area contributed by atoms with Gasteiger partial charge in [-0.2, -0.15) is 0 Å². The number of anilines is 1. The van der Waals surface area contributed by atoms with Crippen LogP contribution in [0.2, 0.25) is 0 Å². The molecule has 0 spiro atoms. The summed E-state index contributed by atoms with van der Waals surface area (Å²) in [5.74, 6) is -0.591. The zero-order valence-electron chi connectivity index (χ0n) is 18.5. The lowest BCUT2D eigenvalue weighted by Gasteiger charge is -2.10. The first-order valence-corrected chi connectivity index (χ1v) is 10.3. The molecule has 8 nitrogen and oxygen atoms in total. The molecule has 3 rings (SSSR count). The Hall–Kier alpha value is -4.59. The second-order valence-corrected chi connectivity index (χ2v) is 7.12. The van der Waals surface area contributed by atoms with E-state index in [1.54, 1.807) is 48.5 Å². The number of ether oxygens (including phenoxy) is 3. The number of hydrogen-bond donors (Lipinski definition) is 2. The minimum Gasteiger partial charge on any atom is -0.493 e. The van der Waals surface area contributed by atoms with E-state index in [4.69, 9.17) is 19.9 Å². The van der Waals surface area contributed by atoms with Crippen molar-refractivity contribution in [1.82, 2.24) is 0 Å². The molecule has 0 radical (unpaired) electrons. The molecule has 0 aromatic heterocycles. The molecule has 0 aliphatic heterocycles. The van der Waals surface area contributed by atoms with Crippen molar-refractivity contribution in [3.63, 3.8) is 0 Å². The molecule has 0 bridgehead atoms. The average Bonchev–Trinajstić information content (AvgIpc) is 2.86. The third-order valence-electron chi connectivity index (χ3n) is 4.60. The van der Waals surface area contributed by atoms with Gasteiger partial charge in [0.2, 0.25) is 0 Å². The molecule has 0 atom stereocenters. The molecule has 8 heteroatoms. The Balaban J connectivity index is 1.51. The SMILES string of the molecule is COc1cc(/C=C/C(=O)OCc2ccc(C(=O)Nc3ccccc3)cc2)ccc1OCC(N)=O. The molecule has 0 aliphatic rings. The standard InChI is InChI=1S/C26H24N2O6/c1-32-23-15-18(9-13-22(23)33-17-24(27)29)10-14-25(30)34-16-19-7-11-20(12-8-19)26(31)28-21-5-3-2-4-6-21/h2-15H,16-17H2,1H3,(H2,27,29)(H,28,31)/b14-10+. The van der Waals surface area contributed by atoms with Gasteiger partial charge in [-0.05, 0) is 53.6 Å². The molecule has 0 aliphatic carbocycles. The van der Waals surface area contributed by atoms with Gasteiger partial charge in [-0.1, -0.05) is 36.4 Å². The van der Waals surface area contributed by atoms with Gasteiger partial charge in [0, 0.05) is 17.3 Å². The normalized spacial score (nSPS) is 10.5. The highest BCUT2D eigenvalue weighted by Gasteiger charge is 2.08. The van der Waals surface area contributed by atoms with Crippen LogP contribution < -0.4 is 20.5 Å². The van der Waals surface area contributed by atoms with Crippen molar-refractivity contribution >= 4 is 29.5 Å². The monoisotopic (exact) mass is 460 g/mol. The summed E-state index contributed by atoms with van der Waals surface area (Å²) in [6, 6.07) is 20.9. The van der Waals surface area contributed by atoms with Crippen LogP contribution >= 0.6 is 0 Å². The van der Waals surface area contributed by atoms with Crippen LogP contribution in [-0.2, 0) is 20.9 Å². The molecular weight excluding hydrogens is 436 g/mol. The number of primary amides is 1. The van der Waals surface area contributed by atoms with E-state index in [0.29, 0.717) is 28.3 Å². The zero-order chi connectivity index (χ0) is 24.3. The fourth-order valence-corrected chi connectivity index (χ4v) is 2.90. The van der Waals surface area contributed by atoms with E-state index in [9.17, 15) is 14.4 Å². The second-order valence-electron chi connectivity index (χ2n) is 7.12. The summed E-state index contributed by atoms with van der Waals surface area (Å²) >= 11 is 0. The van der Waals surface area contributed by atoms with Crippen molar-refractivity contribution in [2.24, 2.45) is 5.73 Å². The molecule has 3 aromatic rings. The van der Waals surface area contributed by atoms with E-state index >= 15 is 0 Å². The van der Waals surface area contributed by atoms with Crippen LogP contribution in [0, 0.1) is 0 Å². The lowest BCUT2D eigenvalue weighted by molar-refractivity contribution is -0.138. The molecule has 0 heterocycles. The third-order valence-corrected chi connectivity index (χ3v) is 4.60. The highest BCUT2D eigenvalue weighted by Crippen LogP contribution is 2.28. The minimum atomic E-state index is -0.598. The fourth-order valence-electron chi connectivity index (χ4n) is 2.90. The summed E-state index contributed by atoms with van der Waals surface area (Å²) in [6.45, 7) is -0.205. The van der Waals surface area contributed by atoms with Gasteiger partial charge in [0.05, 0.1) is 7.11 Å². The number of carbonyl (C=O) groups excluding carboxylic acids is 3. The Kier molecular flexibility index (Phi) is 8.40. The molecule has 34 heavy (non-hydrogen) atoms. The van der Waals surface area contributed by atoms with Crippen molar-refractivity contribution in [2.75, 3.05) is 19.0 Å². The lowest BCUT2D eigenvalue weighted by Crippen LogP contribution is -2.20. The van der Waals surface area contributed by atoms with Crippen molar-refractivity contribution in [1.29, 1.82) is 0 Å².